The number of hydrogen-bond donors (Lipinski definition) is 3. The van der Waals surface area contributed by atoms with Crippen LogP contribution in [0.4, 0.5) is 28.8 Å². The average molecular weight is 514 g/mol. The van der Waals surface area contributed by atoms with Crippen molar-refractivity contribution in [2.75, 3.05) is 55.0 Å². The zero-order chi connectivity index (χ0) is 26.4. The minimum Gasteiger partial charge on any atom is -0.385 e. The first-order valence-corrected chi connectivity index (χ1v) is 13.2. The molecule has 9 heteroatoms. The number of nitrogens with one attached hydrogen (secondary N) is 1. The van der Waals surface area contributed by atoms with Crippen LogP contribution >= 0.6 is 0 Å². The van der Waals surface area contributed by atoms with E-state index < -0.39 is 11.8 Å². The molecule has 2 atom stereocenters. The van der Waals surface area contributed by atoms with E-state index in [1.807, 2.05) is 36.2 Å². The Balaban J connectivity index is 1.29. The molecule has 3 aromatic rings. The van der Waals surface area contributed by atoms with Gasteiger partial charge in [-0.15, -0.1) is 6.58 Å². The lowest BCUT2D eigenvalue weighted by molar-refractivity contribution is 0.0250. The van der Waals surface area contributed by atoms with Crippen molar-refractivity contribution < 1.29 is 10.2 Å². The molecule has 2 aliphatic heterocycles. The number of anilines is 5. The summed E-state index contributed by atoms with van der Waals surface area (Å²) in [6, 6.07) is 14.4. The monoisotopic (exact) mass is 513 g/mol. The number of benzene rings is 2. The van der Waals surface area contributed by atoms with Crippen molar-refractivity contribution in [1.82, 2.24) is 19.9 Å². The molecular weight excluding hydrogens is 478 g/mol. The van der Waals surface area contributed by atoms with E-state index in [-0.39, 0.29) is 0 Å². The van der Waals surface area contributed by atoms with Gasteiger partial charge >= 0.3 is 0 Å². The number of piperazine rings is 1. The van der Waals surface area contributed by atoms with Gasteiger partial charge in [-0.05, 0) is 74.3 Å². The third-order valence-corrected chi connectivity index (χ3v) is 7.92. The van der Waals surface area contributed by atoms with Crippen molar-refractivity contribution >= 4 is 28.8 Å². The molecule has 6 rings (SSSR count). The highest BCUT2D eigenvalue weighted by atomic mass is 16.3. The van der Waals surface area contributed by atoms with E-state index in [9.17, 15) is 10.2 Å². The molecule has 0 spiro atoms. The SMILES string of the molecule is C=CCN1C(O)c2cnc(Nc3ccc(N4CCN(C)CC4)cc3)nc2N1c1ccc2c(c1)[C@@](C)(O)CC2. The average Bonchev–Trinajstić information content (AvgIpc) is 3.37. The summed E-state index contributed by atoms with van der Waals surface area (Å²) in [6.45, 7) is 10.3. The number of hydrogen-bond acceptors (Lipinski definition) is 9. The van der Waals surface area contributed by atoms with E-state index >= 15 is 0 Å². The van der Waals surface area contributed by atoms with Crippen LogP contribution in [0.3, 0.4) is 0 Å². The van der Waals surface area contributed by atoms with E-state index in [0.29, 0.717) is 30.3 Å². The Labute approximate surface area is 223 Å². The van der Waals surface area contributed by atoms with Crippen LogP contribution in [-0.4, -0.2) is 69.9 Å². The van der Waals surface area contributed by atoms with Gasteiger partial charge in [-0.3, -0.25) is 5.01 Å². The minimum absolute atomic E-state index is 0.418. The van der Waals surface area contributed by atoms with Gasteiger partial charge in [0.2, 0.25) is 5.95 Å². The fourth-order valence-corrected chi connectivity index (χ4v) is 5.65. The topological polar surface area (TPSA) is 91.2 Å². The highest BCUT2D eigenvalue weighted by Gasteiger charge is 2.39. The molecule has 38 heavy (non-hydrogen) atoms. The first kappa shape index (κ1) is 24.8. The summed E-state index contributed by atoms with van der Waals surface area (Å²) in [5.74, 6) is 1.05. The van der Waals surface area contributed by atoms with Crippen LogP contribution in [0.2, 0.25) is 0 Å². The van der Waals surface area contributed by atoms with Gasteiger partial charge in [-0.25, -0.2) is 4.98 Å². The van der Waals surface area contributed by atoms with Crippen LogP contribution < -0.4 is 15.2 Å². The number of aromatic nitrogens is 2. The Kier molecular flexibility index (Phi) is 6.31. The zero-order valence-electron chi connectivity index (χ0n) is 22.0. The van der Waals surface area contributed by atoms with Crippen molar-refractivity contribution in [2.24, 2.45) is 0 Å². The summed E-state index contributed by atoms with van der Waals surface area (Å²) < 4.78 is 0. The molecule has 3 heterocycles. The normalized spacial score (nSPS) is 23.4. The maximum Gasteiger partial charge on any atom is 0.229 e. The van der Waals surface area contributed by atoms with Gasteiger partial charge in [0.1, 0.15) is 0 Å². The highest BCUT2D eigenvalue weighted by Crippen LogP contribution is 2.45. The van der Waals surface area contributed by atoms with Crippen molar-refractivity contribution in [1.29, 1.82) is 0 Å². The number of fused-ring (bicyclic) bond motifs is 2. The van der Waals surface area contributed by atoms with Crippen LogP contribution in [0.1, 0.15) is 36.3 Å². The number of rotatable bonds is 6. The molecule has 1 aliphatic carbocycles. The third-order valence-electron chi connectivity index (χ3n) is 7.92. The summed E-state index contributed by atoms with van der Waals surface area (Å²) in [7, 11) is 2.16. The molecule has 198 valence electrons. The summed E-state index contributed by atoms with van der Waals surface area (Å²) in [4.78, 5) is 14.1. The lowest BCUT2D eigenvalue weighted by Crippen LogP contribution is -2.44. The Morgan fingerprint density at radius 2 is 1.84 bits per heavy atom. The molecule has 1 aromatic heterocycles. The molecule has 0 bridgehead atoms. The maximum absolute atomic E-state index is 11.1. The molecule has 9 nitrogen and oxygen atoms in total. The lowest BCUT2D eigenvalue weighted by Gasteiger charge is -2.34. The second-order valence-electron chi connectivity index (χ2n) is 10.6. The van der Waals surface area contributed by atoms with E-state index in [2.05, 4.69) is 51.9 Å². The Hall–Kier alpha value is -3.50. The number of likely N-dealkylation sites (N-methyl/N-ethyl adjacent to an activating group) is 1. The molecule has 1 unspecified atom stereocenters. The predicted octanol–water partition coefficient (Wildman–Crippen LogP) is 3.67. The Bertz CT molecular complexity index is 1340. The standard InChI is InChI=1S/C29H35N7O2/c1-4-13-35-27(37)24-19-30-28(31-21-6-9-22(10-7-21)34-16-14-33(3)15-17-34)32-26(24)36(35)23-8-5-20-11-12-29(2,38)25(20)18-23/h4-10,18-19,27,37-38H,1,11-17H2,2-3H3,(H,30,31,32)/t27?,29-/m0/s1. The quantitative estimate of drug-likeness (QED) is 0.427. The fourth-order valence-electron chi connectivity index (χ4n) is 5.65. The minimum atomic E-state index is -0.909. The van der Waals surface area contributed by atoms with Gasteiger partial charge in [0.05, 0.1) is 16.9 Å². The van der Waals surface area contributed by atoms with Gasteiger partial charge in [0.15, 0.2) is 12.0 Å². The van der Waals surface area contributed by atoms with Gasteiger partial charge < -0.3 is 25.3 Å². The van der Waals surface area contributed by atoms with Crippen molar-refractivity contribution in [2.45, 2.75) is 31.6 Å². The molecule has 0 amide bonds. The largest absolute Gasteiger partial charge is 0.385 e. The fraction of sp³-hybridized carbons (Fsp3) is 0.379. The summed E-state index contributed by atoms with van der Waals surface area (Å²) in [5, 5.41) is 29.1. The third kappa shape index (κ3) is 4.41. The molecule has 3 aliphatic rings. The van der Waals surface area contributed by atoms with Crippen LogP contribution in [-0.2, 0) is 12.0 Å². The van der Waals surface area contributed by atoms with Crippen LogP contribution in [0.5, 0.6) is 0 Å². The molecule has 0 radical (unpaired) electrons. The molecule has 3 N–H and O–H groups in total. The number of aliphatic hydroxyl groups excluding tert-OH is 1. The van der Waals surface area contributed by atoms with Gasteiger partial charge in [0.25, 0.3) is 0 Å². The molecule has 2 aromatic carbocycles. The zero-order valence-corrected chi connectivity index (χ0v) is 22.0. The number of hydrazine groups is 1. The van der Waals surface area contributed by atoms with Gasteiger partial charge in [-0.1, -0.05) is 12.1 Å². The summed E-state index contributed by atoms with van der Waals surface area (Å²) in [6.07, 6.45) is 4.06. The number of aryl methyl sites for hydroxylation is 1. The number of nitrogens with zero attached hydrogens (tertiary/aromatic N) is 6. The first-order chi connectivity index (χ1) is 18.3. The highest BCUT2D eigenvalue weighted by molar-refractivity contribution is 5.69. The predicted molar refractivity (Wildman–Crippen MR) is 150 cm³/mol. The lowest BCUT2D eigenvalue weighted by atomic mass is 9.98. The smallest absolute Gasteiger partial charge is 0.229 e. The number of aliphatic hydroxyl groups is 2. The van der Waals surface area contributed by atoms with Crippen LogP contribution in [0.25, 0.3) is 0 Å². The van der Waals surface area contributed by atoms with Crippen LogP contribution in [0.15, 0.2) is 61.3 Å². The second kappa shape index (κ2) is 9.67. The molecule has 1 saturated heterocycles. The van der Waals surface area contributed by atoms with E-state index in [4.69, 9.17) is 4.98 Å². The van der Waals surface area contributed by atoms with E-state index in [1.165, 1.54) is 5.69 Å². The first-order valence-electron chi connectivity index (χ1n) is 13.2. The molecule has 1 fully saturated rings. The van der Waals surface area contributed by atoms with Crippen molar-refractivity contribution in [3.8, 4) is 0 Å². The Morgan fingerprint density at radius 1 is 1.11 bits per heavy atom. The second-order valence-corrected chi connectivity index (χ2v) is 10.6. The van der Waals surface area contributed by atoms with Crippen molar-refractivity contribution in [3.05, 3.63) is 78.0 Å². The van der Waals surface area contributed by atoms with E-state index in [0.717, 1.165) is 55.1 Å². The van der Waals surface area contributed by atoms with Gasteiger partial charge in [-0.2, -0.15) is 9.99 Å². The Morgan fingerprint density at radius 3 is 2.58 bits per heavy atom. The van der Waals surface area contributed by atoms with Gasteiger partial charge in [0, 0.05) is 50.3 Å². The maximum atomic E-state index is 11.1. The molecule has 0 saturated carbocycles. The van der Waals surface area contributed by atoms with E-state index in [1.54, 1.807) is 17.3 Å². The summed E-state index contributed by atoms with van der Waals surface area (Å²) in [5.41, 5.74) is 4.75. The summed E-state index contributed by atoms with van der Waals surface area (Å²) >= 11 is 0. The molecular formula is C29H35N7O2. The van der Waals surface area contributed by atoms with Crippen molar-refractivity contribution in [3.63, 3.8) is 0 Å². The van der Waals surface area contributed by atoms with Crippen LogP contribution in [0, 0.1) is 0 Å².